The van der Waals surface area contributed by atoms with Gasteiger partial charge in [0, 0.05) is 25.7 Å². The highest BCUT2D eigenvalue weighted by Crippen LogP contribution is 2.17. The van der Waals surface area contributed by atoms with Gasteiger partial charge >= 0.3 is 0 Å². The summed E-state index contributed by atoms with van der Waals surface area (Å²) in [6, 6.07) is 9.88. The van der Waals surface area contributed by atoms with Gasteiger partial charge in [-0.1, -0.05) is 32.0 Å². The summed E-state index contributed by atoms with van der Waals surface area (Å²) < 4.78 is 5.54. The first kappa shape index (κ1) is 18.0. The molecule has 0 aliphatic heterocycles. The number of aliphatic imine (C=N–C) groups is 1. The third-order valence-electron chi connectivity index (χ3n) is 3.85. The molecule has 6 nitrogen and oxygen atoms in total. The lowest BCUT2D eigenvalue weighted by atomic mass is 10.2. The van der Waals surface area contributed by atoms with Crippen LogP contribution in [-0.4, -0.2) is 49.1 Å². The Labute approximate surface area is 144 Å². The van der Waals surface area contributed by atoms with Crippen LogP contribution in [0.3, 0.4) is 0 Å². The molecule has 0 spiro atoms. The summed E-state index contributed by atoms with van der Waals surface area (Å²) in [4.78, 5) is 11.1. The molecule has 2 rings (SSSR count). The van der Waals surface area contributed by atoms with Gasteiger partial charge in [-0.3, -0.25) is 4.99 Å². The number of aromatic nitrogens is 1. The minimum Gasteiger partial charge on any atom is -0.444 e. The Morgan fingerprint density at radius 2 is 1.92 bits per heavy atom. The molecule has 2 N–H and O–H groups in total. The van der Waals surface area contributed by atoms with Crippen molar-refractivity contribution in [2.24, 2.45) is 4.99 Å². The second kappa shape index (κ2) is 9.72. The van der Waals surface area contributed by atoms with Crippen molar-refractivity contribution in [2.75, 3.05) is 33.2 Å². The molecule has 0 bridgehead atoms. The number of hydrogen-bond acceptors (Lipinski definition) is 4. The van der Waals surface area contributed by atoms with Gasteiger partial charge < -0.3 is 20.0 Å². The van der Waals surface area contributed by atoms with E-state index >= 15 is 0 Å². The Morgan fingerprint density at radius 3 is 2.58 bits per heavy atom. The van der Waals surface area contributed by atoms with Crippen LogP contribution in [0.4, 0.5) is 0 Å². The molecule has 0 saturated carbocycles. The van der Waals surface area contributed by atoms with Crippen LogP contribution in [0.15, 0.2) is 46.0 Å². The van der Waals surface area contributed by atoms with Crippen molar-refractivity contribution < 1.29 is 4.42 Å². The van der Waals surface area contributed by atoms with E-state index in [-0.39, 0.29) is 0 Å². The molecule has 6 heteroatoms. The molecule has 0 amide bonds. The first-order valence-corrected chi connectivity index (χ1v) is 8.43. The zero-order chi connectivity index (χ0) is 17.2. The summed E-state index contributed by atoms with van der Waals surface area (Å²) in [6.45, 7) is 8.89. The molecule has 0 atom stereocenters. The van der Waals surface area contributed by atoms with Crippen LogP contribution in [0.5, 0.6) is 0 Å². The lowest BCUT2D eigenvalue weighted by molar-refractivity contribution is 0.308. The molecule has 0 aliphatic carbocycles. The summed E-state index contributed by atoms with van der Waals surface area (Å²) in [7, 11) is 1.77. The summed E-state index contributed by atoms with van der Waals surface area (Å²) in [5, 5.41) is 6.57. The second-order valence-electron chi connectivity index (χ2n) is 5.39. The van der Waals surface area contributed by atoms with E-state index in [1.54, 1.807) is 13.3 Å². The van der Waals surface area contributed by atoms with Gasteiger partial charge in [0.1, 0.15) is 6.26 Å². The zero-order valence-electron chi connectivity index (χ0n) is 14.7. The molecule has 1 aromatic carbocycles. The first-order chi connectivity index (χ1) is 11.8. The SMILES string of the molecule is CCN(CC)CCNC(=NC)NCc1coc(-c2ccccc2)n1. The maximum Gasteiger partial charge on any atom is 0.226 e. The standard InChI is InChI=1S/C18H27N5O/c1-4-23(5-2)12-11-20-18(19-3)21-13-16-14-24-17(22-16)15-9-7-6-8-10-15/h6-10,14H,4-5,11-13H2,1-3H3,(H2,19,20,21). The maximum absolute atomic E-state index is 5.54. The number of guanidine groups is 1. The van der Waals surface area contributed by atoms with Crippen molar-refractivity contribution >= 4 is 5.96 Å². The van der Waals surface area contributed by atoms with Crippen LogP contribution in [0.1, 0.15) is 19.5 Å². The molecule has 1 aromatic heterocycles. The molecule has 0 fully saturated rings. The number of nitrogens with zero attached hydrogens (tertiary/aromatic N) is 3. The van der Waals surface area contributed by atoms with E-state index in [1.807, 2.05) is 30.3 Å². The largest absolute Gasteiger partial charge is 0.444 e. The quantitative estimate of drug-likeness (QED) is 0.575. The van der Waals surface area contributed by atoms with Crippen molar-refractivity contribution in [3.63, 3.8) is 0 Å². The van der Waals surface area contributed by atoms with Gasteiger partial charge in [0.05, 0.1) is 12.2 Å². The molecular weight excluding hydrogens is 302 g/mol. The number of likely N-dealkylation sites (N-methyl/N-ethyl adjacent to an activating group) is 1. The van der Waals surface area contributed by atoms with Crippen LogP contribution in [0, 0.1) is 0 Å². The van der Waals surface area contributed by atoms with Crippen molar-refractivity contribution in [2.45, 2.75) is 20.4 Å². The monoisotopic (exact) mass is 329 g/mol. The highest BCUT2D eigenvalue weighted by molar-refractivity contribution is 5.79. The van der Waals surface area contributed by atoms with Crippen LogP contribution >= 0.6 is 0 Å². The van der Waals surface area contributed by atoms with E-state index in [9.17, 15) is 0 Å². The van der Waals surface area contributed by atoms with Crippen molar-refractivity contribution in [1.82, 2.24) is 20.5 Å². The minimum absolute atomic E-state index is 0.571. The lowest BCUT2D eigenvalue weighted by Crippen LogP contribution is -2.41. The zero-order valence-corrected chi connectivity index (χ0v) is 14.7. The molecule has 24 heavy (non-hydrogen) atoms. The van der Waals surface area contributed by atoms with E-state index in [1.165, 1.54) is 0 Å². The van der Waals surface area contributed by atoms with Gasteiger partial charge in [-0.2, -0.15) is 0 Å². The number of rotatable bonds is 8. The molecule has 0 radical (unpaired) electrons. The molecular formula is C18H27N5O. The molecule has 0 aliphatic rings. The average molecular weight is 329 g/mol. The maximum atomic E-state index is 5.54. The fourth-order valence-corrected chi connectivity index (χ4v) is 2.37. The highest BCUT2D eigenvalue weighted by atomic mass is 16.3. The number of benzene rings is 1. The minimum atomic E-state index is 0.571. The fourth-order valence-electron chi connectivity index (χ4n) is 2.37. The van der Waals surface area contributed by atoms with Gasteiger partial charge in [0.25, 0.3) is 0 Å². The fraction of sp³-hybridized carbons (Fsp3) is 0.444. The van der Waals surface area contributed by atoms with Crippen molar-refractivity contribution in [3.05, 3.63) is 42.3 Å². The third kappa shape index (κ3) is 5.38. The summed E-state index contributed by atoms with van der Waals surface area (Å²) in [5.74, 6) is 1.41. The van der Waals surface area contributed by atoms with Gasteiger partial charge in [0.2, 0.25) is 5.89 Å². The molecule has 0 saturated heterocycles. The van der Waals surface area contributed by atoms with Crippen molar-refractivity contribution in [1.29, 1.82) is 0 Å². The molecule has 0 unspecified atom stereocenters. The molecule has 2 aromatic rings. The Balaban J connectivity index is 1.80. The van der Waals surface area contributed by atoms with Gasteiger partial charge in [-0.05, 0) is 25.2 Å². The van der Waals surface area contributed by atoms with E-state index < -0.39 is 0 Å². The van der Waals surface area contributed by atoms with Gasteiger partial charge in [0.15, 0.2) is 5.96 Å². The smallest absolute Gasteiger partial charge is 0.226 e. The third-order valence-corrected chi connectivity index (χ3v) is 3.85. The number of oxazole rings is 1. The Hall–Kier alpha value is -2.34. The van der Waals surface area contributed by atoms with Crippen LogP contribution < -0.4 is 10.6 Å². The summed E-state index contributed by atoms with van der Waals surface area (Å²) >= 11 is 0. The molecule has 1 heterocycles. The number of nitrogens with one attached hydrogen (secondary N) is 2. The van der Waals surface area contributed by atoms with Gasteiger partial charge in [-0.15, -0.1) is 0 Å². The van der Waals surface area contributed by atoms with Gasteiger partial charge in [-0.25, -0.2) is 4.98 Å². The summed E-state index contributed by atoms with van der Waals surface area (Å²) in [5.41, 5.74) is 1.83. The van der Waals surface area contributed by atoms with E-state index in [0.29, 0.717) is 12.4 Å². The van der Waals surface area contributed by atoms with Crippen LogP contribution in [0.25, 0.3) is 11.5 Å². The van der Waals surface area contributed by atoms with E-state index in [2.05, 4.69) is 39.4 Å². The summed E-state index contributed by atoms with van der Waals surface area (Å²) in [6.07, 6.45) is 1.68. The highest BCUT2D eigenvalue weighted by Gasteiger charge is 2.07. The molecule has 130 valence electrons. The Bertz CT molecular complexity index is 619. The average Bonchev–Trinajstić information content (AvgIpc) is 3.11. The Morgan fingerprint density at radius 1 is 1.17 bits per heavy atom. The van der Waals surface area contributed by atoms with Crippen molar-refractivity contribution in [3.8, 4) is 11.5 Å². The normalized spacial score (nSPS) is 11.8. The topological polar surface area (TPSA) is 65.7 Å². The van der Waals surface area contributed by atoms with E-state index in [0.717, 1.165) is 43.4 Å². The van der Waals surface area contributed by atoms with Crippen LogP contribution in [-0.2, 0) is 6.54 Å². The van der Waals surface area contributed by atoms with E-state index in [4.69, 9.17) is 4.42 Å². The Kier molecular flexibility index (Phi) is 7.29. The predicted molar refractivity (Wildman–Crippen MR) is 97.9 cm³/mol. The second-order valence-corrected chi connectivity index (χ2v) is 5.39. The first-order valence-electron chi connectivity index (χ1n) is 8.43. The van der Waals surface area contributed by atoms with Crippen LogP contribution in [0.2, 0.25) is 0 Å². The number of hydrogen-bond donors (Lipinski definition) is 2. The lowest BCUT2D eigenvalue weighted by Gasteiger charge is -2.19. The predicted octanol–water partition coefficient (Wildman–Crippen LogP) is 2.35.